The average molecular weight is 695 g/mol. The van der Waals surface area contributed by atoms with Crippen LogP contribution in [0.25, 0.3) is 11.0 Å². The molecular formula is C37H57F2N4O3V-. The molecule has 7 nitrogen and oxygen atoms in total. The number of carbonyl (C=O) groups excluding carboxylic acids is 2. The van der Waals surface area contributed by atoms with E-state index in [2.05, 4.69) is 61.0 Å². The smallest absolute Gasteiger partial charge is 0.295 e. The number of hydrogen-bond donors (Lipinski definition) is 1. The van der Waals surface area contributed by atoms with E-state index in [1.165, 1.54) is 19.3 Å². The van der Waals surface area contributed by atoms with Gasteiger partial charge in [0.25, 0.3) is 5.92 Å². The third kappa shape index (κ3) is 11.4. The van der Waals surface area contributed by atoms with Gasteiger partial charge in [-0.25, -0.2) is 9.97 Å². The molecule has 1 saturated heterocycles. The van der Waals surface area contributed by atoms with Crippen LogP contribution >= 0.6 is 0 Å². The molecule has 5 rings (SSSR count). The van der Waals surface area contributed by atoms with Gasteiger partial charge in [-0.1, -0.05) is 52.7 Å². The molecule has 5 unspecified atom stereocenters. The Bertz CT molecular complexity index is 1230. The number of nitrogens with one attached hydrogen (secondary N) is 1. The molecule has 1 aromatic carbocycles. The molecule has 47 heavy (non-hydrogen) atoms. The van der Waals surface area contributed by atoms with Crippen LogP contribution in [-0.2, 0) is 34.1 Å². The SMILES string of the molecule is C=C.CC[C@H]1C(C)N(C)C[C@@H]1Oc1nc2ccccc2nc1C(F)(F)CCCCC1CCC2CC12.CNC(C=O)C(C)(C)C.[CH-]=O.[V]. The topological polar surface area (TPSA) is 84.4 Å². The first-order chi connectivity index (χ1) is 21.9. The number of likely N-dealkylation sites (tertiary alicyclic amines) is 1. The van der Waals surface area contributed by atoms with Crippen LogP contribution in [0.15, 0.2) is 37.4 Å². The Hall–Kier alpha value is -2.20. The fourth-order valence-electron chi connectivity index (χ4n) is 7.16. The van der Waals surface area contributed by atoms with Gasteiger partial charge in [-0.2, -0.15) is 8.78 Å². The second-order valence-corrected chi connectivity index (χ2v) is 14.0. The normalized spacial score (nSPS) is 25.4. The fourth-order valence-corrected chi connectivity index (χ4v) is 7.16. The number of unbranched alkanes of at least 4 members (excludes halogenated alkanes) is 1. The molecule has 0 amide bonds. The molecule has 0 spiro atoms. The Morgan fingerprint density at radius 1 is 1.13 bits per heavy atom. The number of alkyl halides is 2. The van der Waals surface area contributed by atoms with Crippen molar-refractivity contribution < 1.29 is 41.7 Å². The van der Waals surface area contributed by atoms with Gasteiger partial charge in [0.1, 0.15) is 12.4 Å². The largest absolute Gasteiger partial charge is 0.545 e. The maximum absolute atomic E-state index is 15.5. The molecule has 1 aromatic heterocycles. The van der Waals surface area contributed by atoms with Crippen molar-refractivity contribution in [2.75, 3.05) is 20.6 Å². The number of likely N-dealkylation sites (N-methyl/N-ethyl adjacent to an activating group) is 2. The second-order valence-electron chi connectivity index (χ2n) is 14.0. The molecule has 2 heterocycles. The van der Waals surface area contributed by atoms with Crippen molar-refractivity contribution in [3.05, 3.63) is 43.1 Å². The first-order valence-corrected chi connectivity index (χ1v) is 16.8. The summed E-state index contributed by atoms with van der Waals surface area (Å²) >= 11 is 0. The van der Waals surface area contributed by atoms with Gasteiger partial charge in [0.2, 0.25) is 5.88 Å². The van der Waals surface area contributed by atoms with E-state index in [1.54, 1.807) is 13.1 Å². The van der Waals surface area contributed by atoms with Gasteiger partial charge in [-0.15, -0.1) is 13.2 Å². The summed E-state index contributed by atoms with van der Waals surface area (Å²) in [6.45, 7) is 20.4. The van der Waals surface area contributed by atoms with Crippen LogP contribution in [0.3, 0.4) is 0 Å². The number of benzene rings is 1. The number of halogens is 2. The molecule has 1 N–H and O–H groups in total. The Morgan fingerprint density at radius 3 is 2.21 bits per heavy atom. The quantitative estimate of drug-likeness (QED) is 0.111. The first-order valence-electron chi connectivity index (χ1n) is 16.8. The number of ether oxygens (including phenoxy) is 1. The molecule has 2 saturated carbocycles. The van der Waals surface area contributed by atoms with Gasteiger partial charge in [0, 0.05) is 43.5 Å². The first kappa shape index (κ1) is 42.8. The summed E-state index contributed by atoms with van der Waals surface area (Å²) in [4.78, 5) is 29.3. The predicted molar refractivity (Wildman–Crippen MR) is 183 cm³/mol. The third-order valence-corrected chi connectivity index (χ3v) is 10.1. The number of hydrogen-bond acceptors (Lipinski definition) is 7. The van der Waals surface area contributed by atoms with Crippen molar-refractivity contribution >= 4 is 24.1 Å². The van der Waals surface area contributed by atoms with Crippen molar-refractivity contribution in [2.45, 2.75) is 110 Å². The molecular weight excluding hydrogens is 637 g/mol. The van der Waals surface area contributed by atoms with E-state index in [0.29, 0.717) is 30.0 Å². The molecule has 0 bridgehead atoms. The van der Waals surface area contributed by atoms with E-state index in [-0.39, 0.29) is 60.0 Å². The summed E-state index contributed by atoms with van der Waals surface area (Å²) < 4.78 is 37.3. The number of aromatic nitrogens is 2. The number of aldehydes is 1. The molecule has 3 fully saturated rings. The minimum atomic E-state index is -3.05. The van der Waals surface area contributed by atoms with E-state index in [0.717, 1.165) is 43.3 Å². The fraction of sp³-hybridized carbons (Fsp3) is 0.676. The third-order valence-electron chi connectivity index (χ3n) is 10.1. The average Bonchev–Trinajstić information content (AvgIpc) is 3.63. The van der Waals surface area contributed by atoms with Gasteiger partial charge in [0.15, 0.2) is 5.69 Å². The summed E-state index contributed by atoms with van der Waals surface area (Å²) in [5.41, 5.74) is 0.839. The zero-order chi connectivity index (χ0) is 34.7. The minimum absolute atomic E-state index is 0. The maximum atomic E-state index is 15.5. The second kappa shape index (κ2) is 19.7. The summed E-state index contributed by atoms with van der Waals surface area (Å²) in [5.74, 6) is -0.135. The van der Waals surface area contributed by atoms with Gasteiger partial charge in [-0.3, -0.25) is 11.7 Å². The van der Waals surface area contributed by atoms with Crippen molar-refractivity contribution in [3.8, 4) is 5.88 Å². The Labute approximate surface area is 294 Å². The molecule has 1 aliphatic heterocycles. The van der Waals surface area contributed by atoms with Crippen LogP contribution in [0, 0.1) is 29.1 Å². The van der Waals surface area contributed by atoms with Crippen LogP contribution in [0.2, 0.25) is 0 Å². The van der Waals surface area contributed by atoms with E-state index in [9.17, 15) is 4.79 Å². The zero-order valence-electron chi connectivity index (χ0n) is 29.6. The predicted octanol–water partition coefficient (Wildman–Crippen LogP) is 7.78. The number of fused-ring (bicyclic) bond motifs is 2. The summed E-state index contributed by atoms with van der Waals surface area (Å²) in [7, 11) is 3.86. The van der Waals surface area contributed by atoms with Crippen LogP contribution < -0.4 is 10.1 Å². The van der Waals surface area contributed by atoms with Gasteiger partial charge < -0.3 is 19.6 Å². The molecule has 3 aliphatic rings. The standard InChI is InChI=1S/C27H37F2N3O.C7H15NO.C2H4.CHO.V/c1-4-20-17(2)32(3)16-24(20)33-26-25(30-22-10-5-6-11-23(22)31-26)27(28,29)14-8-7-9-18-12-13-19-15-21(18)19;1-7(2,3)6(5-9)8-4;2*1-2;/h5-6,10-11,17-21,24H,4,7-9,12-16H2,1-3H3;5-6,8H,1-4H3;1-2H2;1H;/q;;;-1;/t17?,18?,19?,20-,21?,24-;;;;/m0..../s1. The van der Waals surface area contributed by atoms with Crippen LogP contribution in [-0.4, -0.2) is 66.8 Å². The van der Waals surface area contributed by atoms with Crippen molar-refractivity contribution in [2.24, 2.45) is 29.1 Å². The molecule has 2 aliphatic carbocycles. The number of para-hydroxylation sites is 2. The summed E-state index contributed by atoms with van der Waals surface area (Å²) in [5, 5.41) is 2.92. The molecule has 263 valence electrons. The molecule has 2 aromatic rings. The Balaban J connectivity index is 0.000000681. The van der Waals surface area contributed by atoms with E-state index in [1.807, 2.05) is 39.0 Å². The summed E-state index contributed by atoms with van der Waals surface area (Å²) in [6, 6.07) is 7.54. The van der Waals surface area contributed by atoms with Crippen molar-refractivity contribution in [1.82, 2.24) is 20.2 Å². The van der Waals surface area contributed by atoms with Gasteiger partial charge >= 0.3 is 0 Å². The number of nitrogens with zero attached hydrogens (tertiary/aromatic N) is 3. The van der Waals surface area contributed by atoms with Gasteiger partial charge in [-0.05, 0) is 88.4 Å². The van der Waals surface area contributed by atoms with Crippen LogP contribution in [0.4, 0.5) is 8.78 Å². The zero-order valence-corrected chi connectivity index (χ0v) is 30.9. The Kier molecular flexibility index (Phi) is 18.0. The number of carbonyl (C=O) groups is 1. The minimum Gasteiger partial charge on any atom is -0.545 e. The van der Waals surface area contributed by atoms with E-state index < -0.39 is 5.92 Å². The number of rotatable bonds is 11. The van der Waals surface area contributed by atoms with Crippen LogP contribution in [0.5, 0.6) is 5.88 Å². The van der Waals surface area contributed by atoms with Crippen molar-refractivity contribution in [3.63, 3.8) is 0 Å². The monoisotopic (exact) mass is 694 g/mol. The van der Waals surface area contributed by atoms with Gasteiger partial charge in [0.05, 0.1) is 17.1 Å². The van der Waals surface area contributed by atoms with Crippen molar-refractivity contribution in [1.29, 1.82) is 0 Å². The van der Waals surface area contributed by atoms with Crippen LogP contribution in [0.1, 0.15) is 91.7 Å². The summed E-state index contributed by atoms with van der Waals surface area (Å²) in [6.07, 6.45) is 8.02. The molecule has 1 radical (unpaired) electrons. The maximum Gasteiger partial charge on any atom is 0.295 e. The van der Waals surface area contributed by atoms with E-state index in [4.69, 9.17) is 9.53 Å². The Morgan fingerprint density at radius 2 is 1.74 bits per heavy atom. The molecule has 7 atom stereocenters. The van der Waals surface area contributed by atoms with E-state index >= 15 is 8.78 Å². The molecule has 10 heteroatoms.